The predicted molar refractivity (Wildman–Crippen MR) is 120 cm³/mol. The van der Waals surface area contributed by atoms with E-state index in [2.05, 4.69) is 47.3 Å². The Morgan fingerprint density at radius 1 is 0.714 bits per heavy atom. The second kappa shape index (κ2) is 15.1. The van der Waals surface area contributed by atoms with Gasteiger partial charge in [-0.05, 0) is 24.7 Å². The molecule has 4 nitrogen and oxygen atoms in total. The van der Waals surface area contributed by atoms with Crippen LogP contribution in [0.5, 0.6) is 0 Å². The number of hydrogen-bond donors (Lipinski definition) is 0. The van der Waals surface area contributed by atoms with E-state index in [-0.39, 0.29) is 23.9 Å². The van der Waals surface area contributed by atoms with E-state index in [0.717, 1.165) is 37.5 Å². The van der Waals surface area contributed by atoms with Crippen LogP contribution in [0, 0.1) is 11.8 Å². The van der Waals surface area contributed by atoms with Gasteiger partial charge in [-0.25, -0.2) is 0 Å². The van der Waals surface area contributed by atoms with Crippen LogP contribution in [-0.4, -0.2) is 33.2 Å². The number of rotatable bonds is 16. The summed E-state index contributed by atoms with van der Waals surface area (Å²) >= 11 is 0. The summed E-state index contributed by atoms with van der Waals surface area (Å²) in [5.41, 5.74) is -0.323. The Balaban J connectivity index is 4.18. The van der Waals surface area contributed by atoms with Gasteiger partial charge in [-0.1, -0.05) is 85.9 Å². The second-order valence-corrected chi connectivity index (χ2v) is 15.4. The first-order valence-corrected chi connectivity index (χ1v) is 14.9. The Labute approximate surface area is 175 Å². The van der Waals surface area contributed by atoms with E-state index in [0.29, 0.717) is 13.2 Å². The van der Waals surface area contributed by atoms with Crippen molar-refractivity contribution in [3.63, 3.8) is 0 Å². The van der Waals surface area contributed by atoms with Gasteiger partial charge in [0.05, 0.1) is 33.2 Å². The Morgan fingerprint density at radius 3 is 1.61 bits per heavy atom. The van der Waals surface area contributed by atoms with Gasteiger partial charge in [0.25, 0.3) is 0 Å². The molecule has 0 fully saturated rings. The minimum Gasteiger partial charge on any atom is -0.466 e. The van der Waals surface area contributed by atoms with Gasteiger partial charge in [-0.15, -0.1) is 0 Å². The molecule has 0 N–H and O–H groups in total. The molecule has 28 heavy (non-hydrogen) atoms. The Morgan fingerprint density at radius 2 is 1.18 bits per heavy atom. The Kier molecular flexibility index (Phi) is 14.6. The molecule has 0 aliphatic heterocycles. The van der Waals surface area contributed by atoms with Gasteiger partial charge >= 0.3 is 11.9 Å². The quantitative estimate of drug-likeness (QED) is 0.162. The fourth-order valence-corrected chi connectivity index (χ4v) is 4.66. The van der Waals surface area contributed by atoms with Crippen molar-refractivity contribution in [1.29, 1.82) is 0 Å². The van der Waals surface area contributed by atoms with E-state index in [4.69, 9.17) is 9.47 Å². The van der Waals surface area contributed by atoms with Gasteiger partial charge in [0.2, 0.25) is 0 Å². The fourth-order valence-electron chi connectivity index (χ4n) is 3.09. The molecule has 0 radical (unpaired) electrons. The average Bonchev–Trinajstić information content (AvgIpc) is 2.57. The van der Waals surface area contributed by atoms with E-state index in [1.807, 2.05) is 0 Å². The summed E-state index contributed by atoms with van der Waals surface area (Å²) in [6.45, 7) is 16.2. The molecule has 0 aromatic heterocycles. The molecule has 0 heterocycles. The molecule has 0 aromatic rings. The van der Waals surface area contributed by atoms with Crippen LogP contribution in [0.1, 0.15) is 85.5 Å². The van der Waals surface area contributed by atoms with E-state index < -0.39 is 8.07 Å². The van der Waals surface area contributed by atoms with Crippen molar-refractivity contribution in [1.82, 2.24) is 0 Å². The van der Waals surface area contributed by atoms with Crippen LogP contribution < -0.4 is 0 Å². The van der Waals surface area contributed by atoms with Crippen molar-refractivity contribution in [2.24, 2.45) is 11.8 Å². The van der Waals surface area contributed by atoms with Crippen LogP contribution in [-0.2, 0) is 19.1 Å². The minimum atomic E-state index is -1.85. The molecule has 166 valence electrons. The molecule has 0 saturated heterocycles. The fraction of sp³-hybridized carbons (Fsp3) is 0.913. The summed E-state index contributed by atoms with van der Waals surface area (Å²) in [5.74, 6) is 0.975. The third-order valence-electron chi connectivity index (χ3n) is 5.06. The maximum absolute atomic E-state index is 12.5. The third kappa shape index (κ3) is 15.1. The SMILES string of the molecule is CC(C)CCCCCOC(=O)CC(C(=O)OCCCCCC(C)C)[Si](C)(C)C. The molecule has 1 atom stereocenters. The zero-order chi connectivity index (χ0) is 21.6. The van der Waals surface area contributed by atoms with Crippen molar-refractivity contribution in [2.45, 2.75) is 111 Å². The van der Waals surface area contributed by atoms with Crippen LogP contribution in [0.2, 0.25) is 25.2 Å². The maximum Gasteiger partial charge on any atom is 0.306 e. The third-order valence-corrected chi connectivity index (χ3v) is 7.59. The lowest BCUT2D eigenvalue weighted by atomic mass is 10.1. The summed E-state index contributed by atoms with van der Waals surface area (Å²) < 4.78 is 10.9. The van der Waals surface area contributed by atoms with Crippen molar-refractivity contribution >= 4 is 20.0 Å². The first-order chi connectivity index (χ1) is 13.0. The highest BCUT2D eigenvalue weighted by molar-refractivity contribution is 6.80. The lowest BCUT2D eigenvalue weighted by Crippen LogP contribution is -2.36. The van der Waals surface area contributed by atoms with E-state index in [9.17, 15) is 9.59 Å². The van der Waals surface area contributed by atoms with Crippen LogP contribution in [0.4, 0.5) is 0 Å². The van der Waals surface area contributed by atoms with Gasteiger partial charge in [0.1, 0.15) is 0 Å². The standard InChI is InChI=1S/C23H46O4Si/c1-19(2)14-10-8-12-16-26-22(24)18-21(28(5,6)7)23(25)27-17-13-9-11-15-20(3)4/h19-21H,8-18H2,1-7H3. The Hall–Kier alpha value is -0.843. The van der Waals surface area contributed by atoms with E-state index in [1.165, 1.54) is 25.7 Å². The lowest BCUT2D eigenvalue weighted by Gasteiger charge is -2.26. The molecule has 0 amide bonds. The predicted octanol–water partition coefficient (Wildman–Crippen LogP) is 6.60. The molecule has 0 rings (SSSR count). The number of carbonyl (C=O) groups excluding carboxylic acids is 2. The van der Waals surface area contributed by atoms with Gasteiger partial charge in [0, 0.05) is 0 Å². The summed E-state index contributed by atoms with van der Waals surface area (Å²) in [6.07, 6.45) is 8.92. The first-order valence-electron chi connectivity index (χ1n) is 11.4. The van der Waals surface area contributed by atoms with Gasteiger partial charge in [0.15, 0.2) is 0 Å². The molecule has 0 aromatic carbocycles. The van der Waals surface area contributed by atoms with Gasteiger partial charge in [-0.2, -0.15) is 0 Å². The maximum atomic E-state index is 12.5. The van der Waals surface area contributed by atoms with Crippen molar-refractivity contribution in [3.8, 4) is 0 Å². The van der Waals surface area contributed by atoms with E-state index in [1.54, 1.807) is 0 Å². The summed E-state index contributed by atoms with van der Waals surface area (Å²) in [4.78, 5) is 24.8. The molecule has 0 bridgehead atoms. The highest BCUT2D eigenvalue weighted by Crippen LogP contribution is 2.28. The molecule has 0 saturated carbocycles. The smallest absolute Gasteiger partial charge is 0.306 e. The summed E-state index contributed by atoms with van der Waals surface area (Å²) in [7, 11) is -1.85. The number of hydrogen-bond acceptors (Lipinski definition) is 4. The molecule has 0 spiro atoms. The van der Waals surface area contributed by atoms with E-state index >= 15 is 0 Å². The number of unbranched alkanes of at least 4 members (excludes halogenated alkanes) is 4. The van der Waals surface area contributed by atoms with Crippen molar-refractivity contribution in [2.75, 3.05) is 13.2 Å². The number of carbonyl (C=O) groups is 2. The molecule has 0 aliphatic rings. The van der Waals surface area contributed by atoms with Crippen LogP contribution >= 0.6 is 0 Å². The first kappa shape index (κ1) is 27.2. The number of esters is 2. The van der Waals surface area contributed by atoms with Crippen molar-refractivity contribution in [3.05, 3.63) is 0 Å². The average molecular weight is 415 g/mol. The van der Waals surface area contributed by atoms with Crippen molar-refractivity contribution < 1.29 is 19.1 Å². The second-order valence-electron chi connectivity index (χ2n) is 10.00. The highest BCUT2D eigenvalue weighted by atomic mass is 28.3. The molecule has 1 unspecified atom stereocenters. The largest absolute Gasteiger partial charge is 0.466 e. The topological polar surface area (TPSA) is 52.6 Å². The lowest BCUT2D eigenvalue weighted by molar-refractivity contribution is -0.150. The van der Waals surface area contributed by atoms with Crippen LogP contribution in [0.25, 0.3) is 0 Å². The number of ether oxygens (including phenoxy) is 2. The molecule has 0 aliphatic carbocycles. The molecule has 5 heteroatoms. The zero-order valence-corrected chi connectivity index (χ0v) is 20.6. The highest BCUT2D eigenvalue weighted by Gasteiger charge is 2.36. The van der Waals surface area contributed by atoms with Crippen LogP contribution in [0.15, 0.2) is 0 Å². The molecular weight excluding hydrogens is 368 g/mol. The normalized spacial score (nSPS) is 13.0. The van der Waals surface area contributed by atoms with Gasteiger partial charge in [-0.3, -0.25) is 9.59 Å². The Bertz CT molecular complexity index is 427. The molecular formula is C23H46O4Si. The van der Waals surface area contributed by atoms with Crippen LogP contribution in [0.3, 0.4) is 0 Å². The summed E-state index contributed by atoms with van der Waals surface area (Å²) in [5, 5.41) is 0. The monoisotopic (exact) mass is 414 g/mol. The zero-order valence-electron chi connectivity index (χ0n) is 19.6. The minimum absolute atomic E-state index is 0.161. The summed E-state index contributed by atoms with van der Waals surface area (Å²) in [6, 6.07) is 0. The van der Waals surface area contributed by atoms with Gasteiger partial charge < -0.3 is 9.47 Å².